The van der Waals surface area contributed by atoms with Crippen LogP contribution in [0.3, 0.4) is 0 Å². The van der Waals surface area contributed by atoms with Gasteiger partial charge < -0.3 is 9.88 Å². The molecule has 0 fully saturated rings. The van der Waals surface area contributed by atoms with E-state index in [1.165, 1.54) is 6.92 Å². The smallest absolute Gasteiger partial charge is 0.242 e. The summed E-state index contributed by atoms with van der Waals surface area (Å²) in [6, 6.07) is -0.179. The molecule has 2 rings (SSSR count). The number of imidazole rings is 1. The normalized spacial score (nSPS) is 12.5. The van der Waals surface area contributed by atoms with Crippen LogP contribution < -0.4 is 5.32 Å². The van der Waals surface area contributed by atoms with E-state index in [-0.39, 0.29) is 30.2 Å². The number of nitrogens with one attached hydrogen (secondary N) is 1. The lowest BCUT2D eigenvalue weighted by Gasteiger charge is -2.22. The predicted octanol–water partition coefficient (Wildman–Crippen LogP) is 1.95. The summed E-state index contributed by atoms with van der Waals surface area (Å²) < 4.78 is 3.49. The quantitative estimate of drug-likeness (QED) is 0.820. The summed E-state index contributed by atoms with van der Waals surface area (Å²) in [6.07, 6.45) is 3.58. The number of carbonyl (C=O) groups excluding carboxylic acids is 2. The molecule has 0 bridgehead atoms. The van der Waals surface area contributed by atoms with Gasteiger partial charge in [0.2, 0.25) is 5.91 Å². The van der Waals surface area contributed by atoms with Crippen LogP contribution in [-0.2, 0) is 18.4 Å². The minimum absolute atomic E-state index is 0.0373. The Morgan fingerprint density at radius 3 is 2.42 bits per heavy atom. The first-order chi connectivity index (χ1) is 11.2. The molecule has 0 spiro atoms. The summed E-state index contributed by atoms with van der Waals surface area (Å²) in [5, 5.41) is 7.34. The lowest BCUT2D eigenvalue weighted by molar-refractivity contribution is -0.123. The average molecular weight is 331 g/mol. The van der Waals surface area contributed by atoms with E-state index >= 15 is 0 Å². The van der Waals surface area contributed by atoms with E-state index in [0.29, 0.717) is 17.0 Å². The molecule has 0 aromatic carbocycles. The maximum Gasteiger partial charge on any atom is 0.242 e. The van der Waals surface area contributed by atoms with Crippen LogP contribution in [0, 0.1) is 19.8 Å². The zero-order valence-corrected chi connectivity index (χ0v) is 15.1. The molecule has 0 radical (unpaired) electrons. The van der Waals surface area contributed by atoms with Crippen LogP contribution in [0.15, 0.2) is 12.4 Å². The molecule has 0 aliphatic heterocycles. The Kier molecular flexibility index (Phi) is 5.21. The van der Waals surface area contributed by atoms with Gasteiger partial charge in [0, 0.05) is 25.1 Å². The highest BCUT2D eigenvalue weighted by Crippen LogP contribution is 2.20. The lowest BCUT2D eigenvalue weighted by atomic mass is 10.0. The topological polar surface area (TPSA) is 81.8 Å². The molecule has 130 valence electrons. The Morgan fingerprint density at radius 2 is 1.96 bits per heavy atom. The van der Waals surface area contributed by atoms with Gasteiger partial charge in [0.1, 0.15) is 12.4 Å². The van der Waals surface area contributed by atoms with Crippen LogP contribution in [0.4, 0.5) is 0 Å². The Balaban J connectivity index is 2.17. The van der Waals surface area contributed by atoms with Gasteiger partial charge in [-0.05, 0) is 26.7 Å². The molecule has 1 N–H and O–H groups in total. The van der Waals surface area contributed by atoms with Crippen molar-refractivity contribution < 1.29 is 9.59 Å². The number of hydrogen-bond donors (Lipinski definition) is 1. The van der Waals surface area contributed by atoms with E-state index in [4.69, 9.17) is 0 Å². The third kappa shape index (κ3) is 3.55. The van der Waals surface area contributed by atoms with Crippen LogP contribution in [0.25, 0.3) is 0 Å². The molecule has 1 amide bonds. The van der Waals surface area contributed by atoms with Crippen LogP contribution >= 0.6 is 0 Å². The van der Waals surface area contributed by atoms with Crippen molar-refractivity contribution in [2.24, 2.45) is 13.0 Å². The zero-order valence-electron chi connectivity index (χ0n) is 15.1. The number of aromatic nitrogens is 4. The summed E-state index contributed by atoms with van der Waals surface area (Å²) in [4.78, 5) is 28.5. The third-order valence-corrected chi connectivity index (χ3v) is 4.15. The molecule has 1 atom stereocenters. The van der Waals surface area contributed by atoms with Gasteiger partial charge in [0.05, 0.1) is 17.3 Å². The first kappa shape index (κ1) is 17.9. The fourth-order valence-electron chi connectivity index (χ4n) is 2.92. The van der Waals surface area contributed by atoms with Gasteiger partial charge >= 0.3 is 0 Å². The maximum absolute atomic E-state index is 12.5. The number of hydrogen-bond acceptors (Lipinski definition) is 4. The number of rotatable bonds is 6. The summed E-state index contributed by atoms with van der Waals surface area (Å²) >= 11 is 0. The first-order valence-corrected chi connectivity index (χ1v) is 8.03. The van der Waals surface area contributed by atoms with Gasteiger partial charge in [0.25, 0.3) is 0 Å². The van der Waals surface area contributed by atoms with E-state index in [0.717, 1.165) is 5.82 Å². The van der Waals surface area contributed by atoms with Crippen molar-refractivity contribution in [1.82, 2.24) is 24.6 Å². The van der Waals surface area contributed by atoms with Gasteiger partial charge in [-0.15, -0.1) is 0 Å². The largest absolute Gasteiger partial charge is 0.344 e. The van der Waals surface area contributed by atoms with Crippen molar-refractivity contribution in [3.05, 3.63) is 35.2 Å². The average Bonchev–Trinajstić information content (AvgIpc) is 3.00. The highest BCUT2D eigenvalue weighted by molar-refractivity contribution is 5.96. The molecule has 0 saturated heterocycles. The first-order valence-electron chi connectivity index (χ1n) is 8.03. The number of aryl methyl sites for hydroxylation is 2. The van der Waals surface area contributed by atoms with Crippen molar-refractivity contribution >= 4 is 11.7 Å². The number of Topliss-reactive ketones (excluding diaryl/α,β-unsaturated/α-hetero) is 1. The van der Waals surface area contributed by atoms with Gasteiger partial charge in [-0.25, -0.2) is 4.98 Å². The lowest BCUT2D eigenvalue weighted by Crippen LogP contribution is -2.36. The Labute approximate surface area is 142 Å². The highest BCUT2D eigenvalue weighted by atomic mass is 16.2. The Hall–Kier alpha value is -2.44. The highest BCUT2D eigenvalue weighted by Gasteiger charge is 2.23. The Bertz CT molecular complexity index is 757. The van der Waals surface area contributed by atoms with E-state index < -0.39 is 0 Å². The van der Waals surface area contributed by atoms with Gasteiger partial charge in [-0.1, -0.05) is 13.8 Å². The molecule has 2 heterocycles. The van der Waals surface area contributed by atoms with Gasteiger partial charge in [0.15, 0.2) is 5.78 Å². The van der Waals surface area contributed by atoms with Gasteiger partial charge in [-0.2, -0.15) is 5.10 Å². The predicted molar refractivity (Wildman–Crippen MR) is 90.6 cm³/mol. The monoisotopic (exact) mass is 331 g/mol. The molecule has 0 saturated carbocycles. The van der Waals surface area contributed by atoms with Crippen LogP contribution in [0.5, 0.6) is 0 Å². The van der Waals surface area contributed by atoms with Gasteiger partial charge in [-0.3, -0.25) is 14.3 Å². The zero-order chi connectivity index (χ0) is 18.0. The number of carbonyl (C=O) groups is 2. The van der Waals surface area contributed by atoms with Crippen LogP contribution in [-0.4, -0.2) is 31.0 Å². The van der Waals surface area contributed by atoms with E-state index in [1.807, 2.05) is 38.6 Å². The second-order valence-corrected chi connectivity index (χ2v) is 6.45. The van der Waals surface area contributed by atoms with Crippen LogP contribution in [0.1, 0.15) is 54.4 Å². The van der Waals surface area contributed by atoms with Crippen molar-refractivity contribution in [2.45, 2.75) is 47.2 Å². The minimum Gasteiger partial charge on any atom is -0.344 e. The van der Waals surface area contributed by atoms with E-state index in [9.17, 15) is 9.59 Å². The number of nitrogens with zero attached hydrogens (tertiary/aromatic N) is 4. The maximum atomic E-state index is 12.5. The third-order valence-electron chi connectivity index (χ3n) is 4.15. The summed E-state index contributed by atoms with van der Waals surface area (Å²) in [7, 11) is 1.91. The van der Waals surface area contributed by atoms with Crippen molar-refractivity contribution in [3.8, 4) is 0 Å². The summed E-state index contributed by atoms with van der Waals surface area (Å²) in [6.45, 7) is 9.25. The van der Waals surface area contributed by atoms with Crippen molar-refractivity contribution in [3.63, 3.8) is 0 Å². The fourth-order valence-corrected chi connectivity index (χ4v) is 2.92. The summed E-state index contributed by atoms with van der Waals surface area (Å²) in [5.41, 5.74) is 1.96. The molecule has 2 aromatic heterocycles. The second kappa shape index (κ2) is 6.98. The fraction of sp³-hybridized carbons (Fsp3) is 0.529. The number of amides is 1. The molecule has 0 aliphatic carbocycles. The van der Waals surface area contributed by atoms with E-state index in [1.54, 1.807) is 17.8 Å². The van der Waals surface area contributed by atoms with E-state index in [2.05, 4.69) is 15.4 Å². The molecule has 7 heteroatoms. The second-order valence-electron chi connectivity index (χ2n) is 6.45. The SMILES string of the molecule is CC(=O)c1c(C)nn(CC(=O)NC(c2nccn2C)C(C)C)c1C. The number of ketones is 1. The standard InChI is InChI=1S/C17H25N5O2/c1-10(2)16(17-18-7-8-21(17)6)19-14(24)9-22-12(4)15(13(5)23)11(3)20-22/h7-8,10,16H,9H2,1-6H3,(H,19,24). The molecule has 1 unspecified atom stereocenters. The molecular weight excluding hydrogens is 306 g/mol. The van der Waals surface area contributed by atoms with Crippen molar-refractivity contribution in [1.29, 1.82) is 0 Å². The molecule has 0 aliphatic rings. The molecular formula is C17H25N5O2. The summed E-state index contributed by atoms with van der Waals surface area (Å²) in [5.74, 6) is 0.821. The van der Waals surface area contributed by atoms with Crippen LogP contribution in [0.2, 0.25) is 0 Å². The molecule has 2 aromatic rings. The molecule has 24 heavy (non-hydrogen) atoms. The molecule has 7 nitrogen and oxygen atoms in total. The minimum atomic E-state index is -0.179. The van der Waals surface area contributed by atoms with Crippen molar-refractivity contribution in [2.75, 3.05) is 0 Å². The Morgan fingerprint density at radius 1 is 1.29 bits per heavy atom.